The summed E-state index contributed by atoms with van der Waals surface area (Å²) in [5.74, 6) is 0.760. The van der Waals surface area contributed by atoms with Crippen molar-refractivity contribution in [2.24, 2.45) is 11.3 Å². The third-order valence-electron chi connectivity index (χ3n) is 3.51. The Hall–Kier alpha value is -0.820. The third kappa shape index (κ3) is 6.77. The molecule has 1 nitrogen and oxygen atoms in total. The van der Waals surface area contributed by atoms with Gasteiger partial charge in [0.1, 0.15) is 0 Å². The minimum absolute atomic E-state index is 0.349. The van der Waals surface area contributed by atoms with Crippen molar-refractivity contribution in [2.75, 3.05) is 6.54 Å². The van der Waals surface area contributed by atoms with Crippen molar-refractivity contribution in [1.82, 2.24) is 5.32 Å². The van der Waals surface area contributed by atoms with Gasteiger partial charge in [0.15, 0.2) is 0 Å². The molecule has 1 heteroatoms. The minimum Gasteiger partial charge on any atom is -0.310 e. The molecule has 0 aliphatic heterocycles. The molecule has 0 saturated heterocycles. The first-order valence-electron chi connectivity index (χ1n) is 7.70. The number of hydrogen-bond donors (Lipinski definition) is 1. The lowest BCUT2D eigenvalue weighted by molar-refractivity contribution is 0.300. The summed E-state index contributed by atoms with van der Waals surface area (Å²) >= 11 is 0. The predicted octanol–water partition coefficient (Wildman–Crippen LogP) is 5.19. The Kier molecular flexibility index (Phi) is 6.57. The molecule has 0 spiro atoms. The normalized spacial score (nSPS) is 15.2. The lowest BCUT2D eigenvalue weighted by atomic mass is 9.85. The minimum atomic E-state index is 0.349. The molecular weight excluding hydrogens is 230 g/mol. The lowest BCUT2D eigenvalue weighted by Crippen LogP contribution is -2.29. The molecule has 1 rings (SSSR count). The molecule has 108 valence electrons. The smallest absolute Gasteiger partial charge is 0.0325 e. The van der Waals surface area contributed by atoms with Crippen molar-refractivity contribution in [3.8, 4) is 0 Å². The molecule has 1 aromatic rings. The van der Waals surface area contributed by atoms with Crippen LogP contribution in [0.15, 0.2) is 30.3 Å². The van der Waals surface area contributed by atoms with Gasteiger partial charge in [-0.3, -0.25) is 0 Å². The van der Waals surface area contributed by atoms with E-state index in [0.717, 1.165) is 12.5 Å². The Balaban J connectivity index is 2.65. The zero-order chi connectivity index (χ0) is 14.3. The molecular formula is C18H31N. The molecule has 0 radical (unpaired) electrons. The van der Waals surface area contributed by atoms with Crippen molar-refractivity contribution in [2.45, 2.75) is 59.9 Å². The van der Waals surface area contributed by atoms with E-state index in [0.29, 0.717) is 11.5 Å². The molecule has 2 atom stereocenters. The molecule has 0 aliphatic rings. The van der Waals surface area contributed by atoms with Crippen molar-refractivity contribution in [3.63, 3.8) is 0 Å². The van der Waals surface area contributed by atoms with Crippen LogP contribution in [0.2, 0.25) is 0 Å². The molecule has 19 heavy (non-hydrogen) atoms. The summed E-state index contributed by atoms with van der Waals surface area (Å²) in [4.78, 5) is 0. The van der Waals surface area contributed by atoms with E-state index in [9.17, 15) is 0 Å². The van der Waals surface area contributed by atoms with Crippen LogP contribution in [0.25, 0.3) is 0 Å². The number of rotatable bonds is 7. The van der Waals surface area contributed by atoms with E-state index in [2.05, 4.69) is 70.3 Å². The quantitative estimate of drug-likeness (QED) is 0.712. The van der Waals surface area contributed by atoms with Gasteiger partial charge in [-0.2, -0.15) is 0 Å². The summed E-state index contributed by atoms with van der Waals surface area (Å²) in [6.45, 7) is 12.7. The van der Waals surface area contributed by atoms with Gasteiger partial charge >= 0.3 is 0 Å². The Morgan fingerprint density at radius 2 is 1.74 bits per heavy atom. The molecule has 0 amide bonds. The molecule has 2 unspecified atom stereocenters. The number of hydrogen-bond acceptors (Lipinski definition) is 1. The Morgan fingerprint density at radius 3 is 2.26 bits per heavy atom. The maximum atomic E-state index is 3.78. The topological polar surface area (TPSA) is 12.0 Å². The van der Waals surface area contributed by atoms with Crippen LogP contribution in [0, 0.1) is 11.3 Å². The first kappa shape index (κ1) is 16.2. The molecule has 0 bridgehead atoms. The summed E-state index contributed by atoms with van der Waals surface area (Å²) in [6, 6.07) is 11.3. The first-order chi connectivity index (χ1) is 8.92. The highest BCUT2D eigenvalue weighted by molar-refractivity contribution is 5.19. The van der Waals surface area contributed by atoms with Crippen LogP contribution < -0.4 is 5.32 Å². The van der Waals surface area contributed by atoms with E-state index >= 15 is 0 Å². The van der Waals surface area contributed by atoms with Gasteiger partial charge in [0.05, 0.1) is 0 Å². The fourth-order valence-electron chi connectivity index (χ4n) is 2.54. The standard InChI is InChI=1S/C18H31N/c1-6-10-15(2)14-19-17(13-18(3,4)5)16-11-8-7-9-12-16/h7-9,11-12,15,17,19H,6,10,13-14H2,1-5H3. The average molecular weight is 261 g/mol. The van der Waals surface area contributed by atoms with Crippen molar-refractivity contribution < 1.29 is 0 Å². The SMILES string of the molecule is CCCC(C)CNC(CC(C)(C)C)c1ccccc1. The highest BCUT2D eigenvalue weighted by atomic mass is 14.9. The van der Waals surface area contributed by atoms with Gasteiger partial charge in [-0.1, -0.05) is 71.4 Å². The van der Waals surface area contributed by atoms with E-state index in [4.69, 9.17) is 0 Å². The van der Waals surface area contributed by atoms with Gasteiger partial charge in [-0.15, -0.1) is 0 Å². The van der Waals surface area contributed by atoms with Crippen molar-refractivity contribution in [3.05, 3.63) is 35.9 Å². The molecule has 0 heterocycles. The summed E-state index contributed by atoms with van der Waals surface area (Å²) in [6.07, 6.45) is 3.76. The zero-order valence-electron chi connectivity index (χ0n) is 13.4. The van der Waals surface area contributed by atoms with E-state index < -0.39 is 0 Å². The van der Waals surface area contributed by atoms with Gasteiger partial charge in [-0.05, 0) is 36.3 Å². The van der Waals surface area contributed by atoms with E-state index in [-0.39, 0.29) is 0 Å². The predicted molar refractivity (Wildman–Crippen MR) is 85.3 cm³/mol. The van der Waals surface area contributed by atoms with Crippen LogP contribution in [-0.2, 0) is 0 Å². The summed E-state index contributed by atoms with van der Waals surface area (Å²) in [7, 11) is 0. The van der Waals surface area contributed by atoms with Crippen LogP contribution >= 0.6 is 0 Å². The first-order valence-corrected chi connectivity index (χ1v) is 7.70. The maximum absolute atomic E-state index is 3.78. The van der Waals surface area contributed by atoms with E-state index in [1.165, 1.54) is 24.8 Å². The van der Waals surface area contributed by atoms with Gasteiger partial charge in [-0.25, -0.2) is 0 Å². The van der Waals surface area contributed by atoms with Crippen LogP contribution in [-0.4, -0.2) is 6.54 Å². The molecule has 0 saturated carbocycles. The van der Waals surface area contributed by atoms with Crippen LogP contribution in [0.5, 0.6) is 0 Å². The van der Waals surface area contributed by atoms with E-state index in [1.807, 2.05) is 0 Å². The second-order valence-electron chi connectivity index (χ2n) is 7.03. The fourth-order valence-corrected chi connectivity index (χ4v) is 2.54. The monoisotopic (exact) mass is 261 g/mol. The van der Waals surface area contributed by atoms with Crippen LogP contribution in [0.4, 0.5) is 0 Å². The molecule has 0 aromatic heterocycles. The highest BCUT2D eigenvalue weighted by Crippen LogP contribution is 2.29. The Labute approximate surface area is 119 Å². The van der Waals surface area contributed by atoms with E-state index in [1.54, 1.807) is 0 Å². The summed E-state index contributed by atoms with van der Waals surface area (Å²) < 4.78 is 0. The van der Waals surface area contributed by atoms with Gasteiger partial charge in [0.25, 0.3) is 0 Å². The van der Waals surface area contributed by atoms with Crippen LogP contribution in [0.1, 0.15) is 65.5 Å². The van der Waals surface area contributed by atoms with Crippen molar-refractivity contribution in [1.29, 1.82) is 0 Å². The van der Waals surface area contributed by atoms with Gasteiger partial charge in [0, 0.05) is 6.04 Å². The molecule has 0 aliphatic carbocycles. The number of benzene rings is 1. The summed E-state index contributed by atoms with van der Waals surface area (Å²) in [5, 5.41) is 3.78. The largest absolute Gasteiger partial charge is 0.310 e. The summed E-state index contributed by atoms with van der Waals surface area (Å²) in [5.41, 5.74) is 1.77. The van der Waals surface area contributed by atoms with Gasteiger partial charge < -0.3 is 5.32 Å². The second-order valence-corrected chi connectivity index (χ2v) is 7.03. The fraction of sp³-hybridized carbons (Fsp3) is 0.667. The molecule has 1 aromatic carbocycles. The number of nitrogens with one attached hydrogen (secondary N) is 1. The Bertz CT molecular complexity index is 336. The zero-order valence-corrected chi connectivity index (χ0v) is 13.4. The van der Waals surface area contributed by atoms with Crippen LogP contribution in [0.3, 0.4) is 0 Å². The molecule has 1 N–H and O–H groups in total. The second kappa shape index (κ2) is 7.69. The van der Waals surface area contributed by atoms with Crippen molar-refractivity contribution >= 4 is 0 Å². The van der Waals surface area contributed by atoms with Gasteiger partial charge in [0.2, 0.25) is 0 Å². The third-order valence-corrected chi connectivity index (χ3v) is 3.51. The Morgan fingerprint density at radius 1 is 1.11 bits per heavy atom. The average Bonchev–Trinajstić information content (AvgIpc) is 2.34. The molecule has 0 fully saturated rings. The maximum Gasteiger partial charge on any atom is 0.0325 e. The lowest BCUT2D eigenvalue weighted by Gasteiger charge is -2.28. The highest BCUT2D eigenvalue weighted by Gasteiger charge is 2.20.